The summed E-state index contributed by atoms with van der Waals surface area (Å²) in [6.07, 6.45) is 1.90. The third kappa shape index (κ3) is 7.96. The molecule has 0 saturated carbocycles. The summed E-state index contributed by atoms with van der Waals surface area (Å²) in [6.45, 7) is 5.78. The second-order valence-electron chi connectivity index (χ2n) is 9.68. The molecule has 0 unspecified atom stereocenters. The summed E-state index contributed by atoms with van der Waals surface area (Å²) >= 11 is 0. The smallest absolute Gasteiger partial charge is 0.290 e. The Balaban J connectivity index is 1.77. The van der Waals surface area contributed by atoms with Gasteiger partial charge in [0.05, 0.1) is 25.5 Å². The molecule has 0 spiro atoms. The number of Topliss-reactive ketones (excluding diaryl/α,β-unsaturated/α-hetero) is 1. The Kier molecular flexibility index (Phi) is 9.54. The van der Waals surface area contributed by atoms with Crippen molar-refractivity contribution in [3.05, 3.63) is 53.9 Å². The minimum Gasteiger partial charge on any atom is -0.382 e. The number of nitrogens with one attached hydrogen (secondary N) is 3. The van der Waals surface area contributed by atoms with Gasteiger partial charge < -0.3 is 29.9 Å². The highest BCUT2D eigenvalue weighted by molar-refractivity contribution is 5.99. The van der Waals surface area contributed by atoms with Crippen molar-refractivity contribution < 1.29 is 33.2 Å². The maximum Gasteiger partial charge on any atom is 0.290 e. The van der Waals surface area contributed by atoms with Crippen LogP contribution in [0.25, 0.3) is 0 Å². The first-order valence-electron chi connectivity index (χ1n) is 12.2. The van der Waals surface area contributed by atoms with E-state index in [1.54, 1.807) is 6.92 Å². The molecule has 1 fully saturated rings. The van der Waals surface area contributed by atoms with E-state index in [0.717, 1.165) is 5.56 Å². The summed E-state index contributed by atoms with van der Waals surface area (Å²) in [5.41, 5.74) is -0.0966. The highest BCUT2D eigenvalue weighted by Gasteiger charge is 2.50. The normalized spacial score (nSPS) is 18.9. The van der Waals surface area contributed by atoms with Gasteiger partial charge in [-0.1, -0.05) is 49.3 Å². The lowest BCUT2D eigenvalue weighted by molar-refractivity contribution is -0.133. The van der Waals surface area contributed by atoms with E-state index in [1.165, 1.54) is 19.4 Å². The zero-order valence-corrected chi connectivity index (χ0v) is 21.5. The van der Waals surface area contributed by atoms with Crippen molar-refractivity contribution in [2.45, 2.75) is 57.3 Å². The standard InChI is InChI=1S/C26H34N4O7/c1-16(2)12-18(22(31)26(3)15-36-26)28-23(32)19(13-17-8-6-5-7-9-17)29-24(33)20(14-35-4)30-25(34)21-10-11-27-37-21/h5-11,16,18-20H,12-15H2,1-4H3,(H,28,32)(H,29,33)(H,30,34)/t18-,19-,20-,26-/m0/s1. The number of ketones is 1. The molecule has 4 atom stereocenters. The molecule has 1 aliphatic rings. The molecule has 11 nitrogen and oxygen atoms in total. The number of amides is 3. The van der Waals surface area contributed by atoms with Crippen LogP contribution in [0.3, 0.4) is 0 Å². The van der Waals surface area contributed by atoms with Gasteiger partial charge in [-0.2, -0.15) is 0 Å². The van der Waals surface area contributed by atoms with E-state index in [1.807, 2.05) is 44.2 Å². The van der Waals surface area contributed by atoms with Crippen LogP contribution >= 0.6 is 0 Å². The van der Waals surface area contributed by atoms with E-state index in [2.05, 4.69) is 21.1 Å². The zero-order chi connectivity index (χ0) is 27.0. The number of ether oxygens (including phenoxy) is 2. The molecule has 1 aromatic heterocycles. The first kappa shape index (κ1) is 28.0. The van der Waals surface area contributed by atoms with Crippen LogP contribution in [0.2, 0.25) is 0 Å². The first-order valence-corrected chi connectivity index (χ1v) is 12.2. The van der Waals surface area contributed by atoms with E-state index >= 15 is 0 Å². The number of aromatic nitrogens is 1. The Morgan fingerprint density at radius 1 is 1.00 bits per heavy atom. The number of carbonyl (C=O) groups is 4. The van der Waals surface area contributed by atoms with Crippen LogP contribution in [0.5, 0.6) is 0 Å². The van der Waals surface area contributed by atoms with Gasteiger partial charge in [0.15, 0.2) is 5.78 Å². The van der Waals surface area contributed by atoms with Crippen molar-refractivity contribution in [1.29, 1.82) is 0 Å². The maximum atomic E-state index is 13.5. The van der Waals surface area contributed by atoms with E-state index in [9.17, 15) is 19.2 Å². The second-order valence-corrected chi connectivity index (χ2v) is 9.68. The minimum absolute atomic E-state index is 0.0710. The molecule has 3 rings (SSSR count). The monoisotopic (exact) mass is 514 g/mol. The van der Waals surface area contributed by atoms with Crippen LogP contribution in [-0.4, -0.2) is 72.7 Å². The summed E-state index contributed by atoms with van der Waals surface area (Å²) in [7, 11) is 1.39. The summed E-state index contributed by atoms with van der Waals surface area (Å²) < 4.78 is 15.3. The van der Waals surface area contributed by atoms with Crippen LogP contribution in [-0.2, 0) is 30.3 Å². The summed E-state index contributed by atoms with van der Waals surface area (Å²) in [4.78, 5) is 52.1. The number of methoxy groups -OCH3 is 1. The summed E-state index contributed by atoms with van der Waals surface area (Å²) in [5, 5.41) is 11.6. The molecule has 3 amide bonds. The van der Waals surface area contributed by atoms with Gasteiger partial charge in [-0.05, 0) is 24.8 Å². The summed E-state index contributed by atoms with van der Waals surface area (Å²) in [6, 6.07) is 7.63. The molecule has 3 N–H and O–H groups in total. The molecule has 37 heavy (non-hydrogen) atoms. The van der Waals surface area contributed by atoms with Crippen molar-refractivity contribution in [2.75, 3.05) is 20.3 Å². The van der Waals surface area contributed by atoms with Gasteiger partial charge in [0.25, 0.3) is 5.91 Å². The third-order valence-corrected chi connectivity index (χ3v) is 5.97. The van der Waals surface area contributed by atoms with Crippen LogP contribution in [0.15, 0.2) is 47.1 Å². The molecule has 1 saturated heterocycles. The Hall–Kier alpha value is -3.57. The average molecular weight is 515 g/mol. The second kappa shape index (κ2) is 12.6. The zero-order valence-electron chi connectivity index (χ0n) is 21.5. The quantitative estimate of drug-likeness (QED) is 0.316. The fraction of sp³-hybridized carbons (Fsp3) is 0.500. The Morgan fingerprint density at radius 3 is 2.22 bits per heavy atom. The number of hydrogen-bond acceptors (Lipinski definition) is 8. The fourth-order valence-corrected chi connectivity index (χ4v) is 3.84. The fourth-order valence-electron chi connectivity index (χ4n) is 3.84. The molecule has 0 radical (unpaired) electrons. The van der Waals surface area contributed by atoms with Crippen LogP contribution in [0, 0.1) is 5.92 Å². The Morgan fingerprint density at radius 2 is 1.65 bits per heavy atom. The molecular formula is C26H34N4O7. The number of benzene rings is 1. The Labute approximate surface area is 215 Å². The van der Waals surface area contributed by atoms with Gasteiger partial charge in [0, 0.05) is 19.6 Å². The minimum atomic E-state index is -1.11. The molecule has 1 aromatic carbocycles. The molecule has 0 bridgehead atoms. The predicted molar refractivity (Wildman–Crippen MR) is 132 cm³/mol. The van der Waals surface area contributed by atoms with Crippen LogP contribution in [0.4, 0.5) is 0 Å². The third-order valence-electron chi connectivity index (χ3n) is 5.97. The largest absolute Gasteiger partial charge is 0.382 e. The van der Waals surface area contributed by atoms with Crippen molar-refractivity contribution in [3.8, 4) is 0 Å². The lowest BCUT2D eigenvalue weighted by Crippen LogP contribution is -2.58. The van der Waals surface area contributed by atoms with Gasteiger partial charge in [0.1, 0.15) is 17.7 Å². The number of rotatable bonds is 14. The lowest BCUT2D eigenvalue weighted by Gasteiger charge is -2.26. The van der Waals surface area contributed by atoms with E-state index in [0.29, 0.717) is 13.0 Å². The van der Waals surface area contributed by atoms with E-state index in [-0.39, 0.29) is 30.5 Å². The predicted octanol–water partition coefficient (Wildman–Crippen LogP) is 1.04. The van der Waals surface area contributed by atoms with Crippen molar-refractivity contribution in [3.63, 3.8) is 0 Å². The average Bonchev–Trinajstić information content (AvgIpc) is 3.38. The highest BCUT2D eigenvalue weighted by atomic mass is 16.6. The molecule has 1 aliphatic heterocycles. The number of hydrogen-bond donors (Lipinski definition) is 3. The lowest BCUT2D eigenvalue weighted by atomic mass is 9.93. The Bertz CT molecular complexity index is 1070. The van der Waals surface area contributed by atoms with Crippen molar-refractivity contribution in [2.24, 2.45) is 5.92 Å². The number of nitrogens with zero attached hydrogens (tertiary/aromatic N) is 1. The topological polar surface area (TPSA) is 152 Å². The van der Waals surface area contributed by atoms with E-state index < -0.39 is 41.4 Å². The number of epoxide rings is 1. The molecule has 2 heterocycles. The molecular weight excluding hydrogens is 480 g/mol. The van der Waals surface area contributed by atoms with Gasteiger partial charge >= 0.3 is 0 Å². The van der Waals surface area contributed by atoms with Crippen molar-refractivity contribution in [1.82, 2.24) is 21.1 Å². The first-order chi connectivity index (χ1) is 17.6. The van der Waals surface area contributed by atoms with Gasteiger partial charge in [-0.25, -0.2) is 0 Å². The molecule has 0 aliphatic carbocycles. The van der Waals surface area contributed by atoms with Crippen LogP contribution in [0.1, 0.15) is 43.3 Å². The van der Waals surface area contributed by atoms with Gasteiger partial charge in [-0.3, -0.25) is 19.2 Å². The molecule has 200 valence electrons. The van der Waals surface area contributed by atoms with E-state index in [4.69, 9.17) is 14.0 Å². The van der Waals surface area contributed by atoms with Gasteiger partial charge in [0.2, 0.25) is 17.6 Å². The van der Waals surface area contributed by atoms with Gasteiger partial charge in [-0.15, -0.1) is 0 Å². The van der Waals surface area contributed by atoms with Crippen LogP contribution < -0.4 is 16.0 Å². The molecule has 2 aromatic rings. The van der Waals surface area contributed by atoms with Crippen molar-refractivity contribution >= 4 is 23.5 Å². The molecule has 11 heteroatoms. The highest BCUT2D eigenvalue weighted by Crippen LogP contribution is 2.29. The SMILES string of the molecule is COC[C@H](NC(=O)c1ccno1)C(=O)N[C@@H](Cc1ccccc1)C(=O)N[C@@H](CC(C)C)C(=O)[C@]1(C)CO1. The number of carbonyl (C=O) groups excluding carboxylic acids is 4. The summed E-state index contributed by atoms with van der Waals surface area (Å²) in [5.74, 6) is -1.93. The maximum absolute atomic E-state index is 13.5.